The first-order valence-electron chi connectivity index (χ1n) is 6.49. The van der Waals surface area contributed by atoms with E-state index in [-0.39, 0.29) is 28.4 Å². The number of fused-ring (bicyclic) bond motifs is 2. The van der Waals surface area contributed by atoms with Gasteiger partial charge in [0.15, 0.2) is 5.75 Å². The second-order valence-corrected chi connectivity index (χ2v) is 5.75. The number of rotatable bonds is 2. The molecule has 1 unspecified atom stereocenters. The van der Waals surface area contributed by atoms with Crippen molar-refractivity contribution in [3.8, 4) is 5.75 Å². The Morgan fingerprint density at radius 3 is 3.11 bits per heavy atom. The van der Waals surface area contributed by atoms with Gasteiger partial charge in [0.2, 0.25) is 0 Å². The summed E-state index contributed by atoms with van der Waals surface area (Å²) in [6.07, 6.45) is 3.47. The number of hydrogen-bond donors (Lipinski definition) is 2. The van der Waals surface area contributed by atoms with Crippen molar-refractivity contribution in [3.05, 3.63) is 23.0 Å². The van der Waals surface area contributed by atoms with Gasteiger partial charge in [-0.2, -0.15) is 0 Å². The van der Waals surface area contributed by atoms with Gasteiger partial charge in [0.1, 0.15) is 5.69 Å². The molecule has 0 aromatic carbocycles. The van der Waals surface area contributed by atoms with Crippen molar-refractivity contribution in [2.45, 2.75) is 18.9 Å². The van der Waals surface area contributed by atoms with Gasteiger partial charge in [-0.1, -0.05) is 11.6 Å². The highest BCUT2D eigenvalue weighted by molar-refractivity contribution is 6.32. The standard InChI is InChI=1S/C13H16ClN3O2/c14-10-4-11(15-5-12(10)18)13(19)16-9-3-8-1-2-17(6-8)7-9/h4-5,8-9,18H,1-3,6-7H2,(H,16,19)/t8-,9+/m0/s1. The molecule has 5 nitrogen and oxygen atoms in total. The van der Waals surface area contributed by atoms with Crippen molar-refractivity contribution in [1.82, 2.24) is 15.2 Å². The van der Waals surface area contributed by atoms with Gasteiger partial charge in [-0.05, 0) is 31.4 Å². The topological polar surface area (TPSA) is 65.5 Å². The fourth-order valence-electron chi connectivity index (χ4n) is 2.97. The Morgan fingerprint density at radius 2 is 2.37 bits per heavy atom. The van der Waals surface area contributed by atoms with E-state index in [4.69, 9.17) is 11.6 Å². The van der Waals surface area contributed by atoms with Crippen LogP contribution in [-0.4, -0.2) is 46.6 Å². The van der Waals surface area contributed by atoms with E-state index in [1.54, 1.807) is 0 Å². The maximum Gasteiger partial charge on any atom is 0.270 e. The fraction of sp³-hybridized carbons (Fsp3) is 0.538. The number of aromatic nitrogens is 1. The van der Waals surface area contributed by atoms with Gasteiger partial charge < -0.3 is 15.3 Å². The molecule has 6 heteroatoms. The molecule has 2 N–H and O–H groups in total. The SMILES string of the molecule is O=C(N[C@@H]1C[C@@H]2CCN(C2)C1)c1cc(Cl)c(O)cn1. The molecular formula is C13H16ClN3O2. The third-order valence-corrected chi connectivity index (χ3v) is 4.17. The molecule has 2 aliphatic rings. The van der Waals surface area contributed by atoms with Crippen molar-refractivity contribution >= 4 is 17.5 Å². The number of halogens is 1. The molecule has 3 atom stereocenters. The van der Waals surface area contributed by atoms with Gasteiger partial charge in [0, 0.05) is 19.1 Å². The maximum absolute atomic E-state index is 12.1. The van der Waals surface area contributed by atoms with Crippen molar-refractivity contribution in [3.63, 3.8) is 0 Å². The van der Waals surface area contributed by atoms with Gasteiger partial charge in [-0.3, -0.25) is 4.79 Å². The summed E-state index contributed by atoms with van der Waals surface area (Å²) >= 11 is 5.78. The van der Waals surface area contributed by atoms with E-state index in [0.29, 0.717) is 5.92 Å². The van der Waals surface area contributed by atoms with Crippen LogP contribution in [0.1, 0.15) is 23.3 Å². The molecule has 2 saturated heterocycles. The van der Waals surface area contributed by atoms with E-state index in [9.17, 15) is 9.90 Å². The predicted molar refractivity (Wildman–Crippen MR) is 71.3 cm³/mol. The zero-order valence-corrected chi connectivity index (χ0v) is 11.2. The summed E-state index contributed by atoms with van der Waals surface area (Å²) in [5, 5.41) is 12.4. The minimum Gasteiger partial charge on any atom is -0.505 e. The summed E-state index contributed by atoms with van der Waals surface area (Å²) in [5.41, 5.74) is 0.246. The van der Waals surface area contributed by atoms with Gasteiger partial charge >= 0.3 is 0 Å². The fourth-order valence-corrected chi connectivity index (χ4v) is 3.12. The zero-order valence-electron chi connectivity index (χ0n) is 10.5. The minimum atomic E-state index is -0.227. The van der Waals surface area contributed by atoms with Crippen LogP contribution >= 0.6 is 11.6 Å². The van der Waals surface area contributed by atoms with Crippen LogP contribution in [0.5, 0.6) is 5.75 Å². The molecule has 1 aromatic heterocycles. The van der Waals surface area contributed by atoms with Crippen LogP contribution in [0.3, 0.4) is 0 Å². The summed E-state index contributed by atoms with van der Waals surface area (Å²) in [5.74, 6) is 0.366. The quantitative estimate of drug-likeness (QED) is 0.857. The Kier molecular flexibility index (Phi) is 3.33. The molecule has 2 aliphatic heterocycles. The van der Waals surface area contributed by atoms with Crippen molar-refractivity contribution in [1.29, 1.82) is 0 Å². The molecule has 2 fully saturated rings. The number of hydrogen-bond acceptors (Lipinski definition) is 4. The van der Waals surface area contributed by atoms with Crippen LogP contribution in [0.15, 0.2) is 12.3 Å². The molecule has 19 heavy (non-hydrogen) atoms. The van der Waals surface area contributed by atoms with E-state index in [2.05, 4.69) is 15.2 Å². The van der Waals surface area contributed by atoms with Crippen LogP contribution in [0.25, 0.3) is 0 Å². The van der Waals surface area contributed by atoms with Crippen molar-refractivity contribution < 1.29 is 9.90 Å². The largest absolute Gasteiger partial charge is 0.505 e. The number of nitrogens with one attached hydrogen (secondary N) is 1. The first kappa shape index (κ1) is 12.7. The van der Waals surface area contributed by atoms with Crippen LogP contribution < -0.4 is 5.32 Å². The van der Waals surface area contributed by atoms with Gasteiger partial charge in [-0.15, -0.1) is 0 Å². The lowest BCUT2D eigenvalue weighted by Crippen LogP contribution is -2.47. The Balaban J connectivity index is 1.66. The Labute approximate surface area is 116 Å². The van der Waals surface area contributed by atoms with Crippen molar-refractivity contribution in [2.24, 2.45) is 5.92 Å². The monoisotopic (exact) mass is 281 g/mol. The first-order valence-corrected chi connectivity index (χ1v) is 6.87. The lowest BCUT2D eigenvalue weighted by atomic mass is 9.97. The lowest BCUT2D eigenvalue weighted by molar-refractivity contribution is 0.0904. The van der Waals surface area contributed by atoms with E-state index < -0.39 is 0 Å². The summed E-state index contributed by atoms with van der Waals surface area (Å²) < 4.78 is 0. The van der Waals surface area contributed by atoms with E-state index >= 15 is 0 Å². The van der Waals surface area contributed by atoms with E-state index in [1.807, 2.05) is 0 Å². The maximum atomic E-state index is 12.1. The van der Waals surface area contributed by atoms with Crippen LogP contribution in [0.2, 0.25) is 5.02 Å². The normalized spacial score (nSPS) is 29.2. The number of amides is 1. The minimum absolute atomic E-state index is 0.111. The molecule has 3 rings (SSSR count). The van der Waals surface area contributed by atoms with E-state index in [0.717, 1.165) is 26.1 Å². The van der Waals surface area contributed by atoms with Crippen LogP contribution in [-0.2, 0) is 0 Å². The summed E-state index contributed by atoms with van der Waals surface area (Å²) in [6.45, 7) is 3.21. The van der Waals surface area contributed by atoms with Crippen molar-refractivity contribution in [2.75, 3.05) is 19.6 Å². The Hall–Kier alpha value is -1.33. The first-order chi connectivity index (χ1) is 9.11. The molecular weight excluding hydrogens is 266 g/mol. The Morgan fingerprint density at radius 1 is 1.53 bits per heavy atom. The third kappa shape index (κ3) is 2.67. The molecule has 0 spiro atoms. The number of pyridine rings is 1. The second kappa shape index (κ2) is 4.98. The molecule has 0 aliphatic carbocycles. The summed E-state index contributed by atoms with van der Waals surface area (Å²) in [7, 11) is 0. The number of piperidine rings is 1. The van der Waals surface area contributed by atoms with E-state index in [1.165, 1.54) is 18.7 Å². The molecule has 2 bridgehead atoms. The third-order valence-electron chi connectivity index (χ3n) is 3.87. The molecule has 1 amide bonds. The predicted octanol–water partition coefficient (Wildman–Crippen LogP) is 1.26. The number of aromatic hydroxyl groups is 1. The summed E-state index contributed by atoms with van der Waals surface area (Å²) in [4.78, 5) is 18.4. The van der Waals surface area contributed by atoms with Crippen LogP contribution in [0, 0.1) is 5.92 Å². The van der Waals surface area contributed by atoms with Gasteiger partial charge in [0.05, 0.1) is 11.2 Å². The molecule has 0 radical (unpaired) electrons. The summed E-state index contributed by atoms with van der Waals surface area (Å²) in [6, 6.07) is 1.58. The molecule has 3 heterocycles. The average Bonchev–Trinajstić information content (AvgIpc) is 2.72. The highest BCUT2D eigenvalue weighted by atomic mass is 35.5. The number of carbonyl (C=O) groups is 1. The number of nitrogens with zero attached hydrogens (tertiary/aromatic N) is 2. The number of carbonyl (C=O) groups excluding carboxylic acids is 1. The van der Waals surface area contributed by atoms with Gasteiger partial charge in [0.25, 0.3) is 5.91 Å². The zero-order chi connectivity index (χ0) is 13.4. The van der Waals surface area contributed by atoms with Crippen LogP contribution in [0.4, 0.5) is 0 Å². The second-order valence-electron chi connectivity index (χ2n) is 5.34. The Bertz CT molecular complexity index is 497. The van der Waals surface area contributed by atoms with Gasteiger partial charge in [-0.25, -0.2) is 4.98 Å². The molecule has 102 valence electrons. The molecule has 1 aromatic rings. The lowest BCUT2D eigenvalue weighted by Gasteiger charge is -2.30. The highest BCUT2D eigenvalue weighted by Gasteiger charge is 2.33. The smallest absolute Gasteiger partial charge is 0.270 e. The average molecular weight is 282 g/mol. The highest BCUT2D eigenvalue weighted by Crippen LogP contribution is 2.27. The molecule has 0 saturated carbocycles.